The molecular weight excluding hydrogens is 508 g/mol. The van der Waals surface area contributed by atoms with Crippen LogP contribution in [0.25, 0.3) is 0 Å². The SMILES string of the molecule is COc1ccc(CO[C@H]2[C@@H](OCc3ccccc3)C(=O)C(C)C(O)C[C@H](O[Si](C)(C)C(C)(C)C)C2(C)C)cc1. The Morgan fingerprint density at radius 1 is 0.949 bits per heavy atom. The molecule has 1 aliphatic carbocycles. The van der Waals surface area contributed by atoms with Gasteiger partial charge >= 0.3 is 0 Å². The molecule has 0 heterocycles. The lowest BCUT2D eigenvalue weighted by Gasteiger charge is -2.50. The van der Waals surface area contributed by atoms with Crippen LogP contribution >= 0.6 is 0 Å². The molecule has 216 valence electrons. The van der Waals surface area contributed by atoms with Crippen LogP contribution in [0, 0.1) is 11.3 Å². The van der Waals surface area contributed by atoms with Crippen molar-refractivity contribution in [2.45, 2.75) is 104 Å². The first kappa shape index (κ1) is 31.5. The number of carbonyl (C=O) groups is 1. The molecule has 0 amide bonds. The van der Waals surface area contributed by atoms with Crippen molar-refractivity contribution in [1.82, 2.24) is 0 Å². The van der Waals surface area contributed by atoms with Crippen molar-refractivity contribution in [1.29, 1.82) is 0 Å². The summed E-state index contributed by atoms with van der Waals surface area (Å²) in [4.78, 5) is 13.9. The number of Topliss-reactive ketones (excluding diaryl/α,β-unsaturated/α-hetero) is 1. The standard InChI is InChI=1S/C32H48O6Si/c1-22-26(33)19-27(38-39(8,9)31(2,3)4)32(5,6)30(37-21-24-15-17-25(35-7)18-16-24)29(28(22)34)36-20-23-13-11-10-12-14-23/h10-18,22,26-27,29-30,33H,19-21H2,1-9H3/t22?,26?,27-,29-,30-/m0/s1. The number of aliphatic hydroxyl groups is 1. The highest BCUT2D eigenvalue weighted by molar-refractivity contribution is 6.74. The third-order valence-corrected chi connectivity index (χ3v) is 13.2. The number of methoxy groups -OCH3 is 1. The van der Waals surface area contributed by atoms with Crippen LogP contribution in [0.1, 0.15) is 59.1 Å². The number of hydrogen-bond donors (Lipinski definition) is 1. The average Bonchev–Trinajstić information content (AvgIpc) is 2.88. The van der Waals surface area contributed by atoms with E-state index >= 15 is 0 Å². The van der Waals surface area contributed by atoms with Crippen molar-refractivity contribution in [3.8, 4) is 5.75 Å². The molecule has 7 heteroatoms. The Hall–Kier alpha value is -2.03. The number of carbonyl (C=O) groups excluding carboxylic acids is 1. The molecule has 0 saturated heterocycles. The fraction of sp³-hybridized carbons (Fsp3) is 0.594. The van der Waals surface area contributed by atoms with E-state index in [1.807, 2.05) is 54.6 Å². The highest BCUT2D eigenvalue weighted by atomic mass is 28.4. The van der Waals surface area contributed by atoms with Gasteiger partial charge in [0.15, 0.2) is 14.1 Å². The molecule has 5 atom stereocenters. The molecule has 0 spiro atoms. The second kappa shape index (κ2) is 12.6. The molecule has 6 nitrogen and oxygen atoms in total. The number of aliphatic hydroxyl groups excluding tert-OH is 1. The van der Waals surface area contributed by atoms with Gasteiger partial charge in [-0.15, -0.1) is 0 Å². The minimum absolute atomic E-state index is 0.0134. The maximum atomic E-state index is 13.9. The van der Waals surface area contributed by atoms with Gasteiger partial charge in [0.2, 0.25) is 0 Å². The van der Waals surface area contributed by atoms with E-state index in [9.17, 15) is 9.90 Å². The Morgan fingerprint density at radius 3 is 2.08 bits per heavy atom. The number of ether oxygens (including phenoxy) is 3. The van der Waals surface area contributed by atoms with Gasteiger partial charge in [-0.1, -0.05) is 84.0 Å². The number of rotatable bonds is 9. The highest BCUT2D eigenvalue weighted by Gasteiger charge is 2.53. The van der Waals surface area contributed by atoms with Crippen molar-refractivity contribution in [2.24, 2.45) is 11.3 Å². The molecule has 39 heavy (non-hydrogen) atoms. The van der Waals surface area contributed by atoms with E-state index in [4.69, 9.17) is 18.6 Å². The summed E-state index contributed by atoms with van der Waals surface area (Å²) in [6, 6.07) is 17.6. The lowest BCUT2D eigenvalue weighted by Crippen LogP contribution is -2.60. The molecular formula is C32H48O6Si. The fourth-order valence-corrected chi connectivity index (χ4v) is 6.24. The van der Waals surface area contributed by atoms with Gasteiger partial charge in [-0.3, -0.25) is 4.79 Å². The summed E-state index contributed by atoms with van der Waals surface area (Å²) in [7, 11) is -0.575. The zero-order valence-corrected chi connectivity index (χ0v) is 26.2. The summed E-state index contributed by atoms with van der Waals surface area (Å²) in [5.74, 6) is 0.0198. The van der Waals surface area contributed by atoms with Crippen molar-refractivity contribution in [3.05, 3.63) is 65.7 Å². The lowest BCUT2D eigenvalue weighted by atomic mass is 9.70. The van der Waals surface area contributed by atoms with Crippen LogP contribution < -0.4 is 4.74 Å². The van der Waals surface area contributed by atoms with Crippen LogP contribution in [-0.4, -0.2) is 50.7 Å². The first-order valence-corrected chi connectivity index (χ1v) is 16.9. The van der Waals surface area contributed by atoms with Crippen LogP contribution in [0.5, 0.6) is 5.75 Å². The molecule has 0 aliphatic heterocycles. The van der Waals surface area contributed by atoms with Gasteiger partial charge < -0.3 is 23.7 Å². The van der Waals surface area contributed by atoms with Crippen LogP contribution in [0.2, 0.25) is 18.1 Å². The zero-order valence-electron chi connectivity index (χ0n) is 25.2. The minimum atomic E-state index is -2.22. The molecule has 0 bridgehead atoms. The Kier molecular flexibility index (Phi) is 10.2. The van der Waals surface area contributed by atoms with Gasteiger partial charge in [0, 0.05) is 11.3 Å². The zero-order chi connectivity index (χ0) is 29.0. The third-order valence-electron chi connectivity index (χ3n) is 8.70. The van der Waals surface area contributed by atoms with Crippen LogP contribution in [0.4, 0.5) is 0 Å². The Morgan fingerprint density at radius 2 is 1.51 bits per heavy atom. The largest absolute Gasteiger partial charge is 0.497 e. The van der Waals surface area contributed by atoms with E-state index < -0.39 is 38.0 Å². The van der Waals surface area contributed by atoms with Crippen molar-refractivity contribution in [2.75, 3.05) is 7.11 Å². The maximum absolute atomic E-state index is 13.9. The Labute approximate surface area is 236 Å². The van der Waals surface area contributed by atoms with E-state index in [-0.39, 0.29) is 23.5 Å². The van der Waals surface area contributed by atoms with E-state index in [1.54, 1.807) is 14.0 Å². The van der Waals surface area contributed by atoms with Gasteiger partial charge in [-0.05, 0) is 47.8 Å². The summed E-state index contributed by atoms with van der Waals surface area (Å²) >= 11 is 0. The van der Waals surface area contributed by atoms with Crippen LogP contribution in [0.15, 0.2) is 54.6 Å². The van der Waals surface area contributed by atoms with Gasteiger partial charge in [-0.2, -0.15) is 0 Å². The summed E-state index contributed by atoms with van der Waals surface area (Å²) in [5, 5.41) is 11.2. The molecule has 2 aromatic carbocycles. The average molecular weight is 557 g/mol. The summed E-state index contributed by atoms with van der Waals surface area (Å²) < 4.78 is 25.3. The maximum Gasteiger partial charge on any atom is 0.192 e. The predicted molar refractivity (Wildman–Crippen MR) is 157 cm³/mol. The van der Waals surface area contributed by atoms with Gasteiger partial charge in [0.1, 0.15) is 11.9 Å². The normalized spacial score (nSPS) is 26.1. The molecule has 1 fully saturated rings. The first-order chi connectivity index (χ1) is 18.2. The minimum Gasteiger partial charge on any atom is -0.497 e. The quantitative estimate of drug-likeness (QED) is 0.353. The van der Waals surface area contributed by atoms with Gasteiger partial charge in [0.25, 0.3) is 0 Å². The molecule has 1 aliphatic rings. The first-order valence-electron chi connectivity index (χ1n) is 14.0. The Balaban J connectivity index is 2.01. The predicted octanol–water partition coefficient (Wildman–Crippen LogP) is 6.55. The topological polar surface area (TPSA) is 74.2 Å². The Bertz CT molecular complexity index is 1060. The molecule has 0 radical (unpaired) electrons. The molecule has 2 aromatic rings. The second-order valence-electron chi connectivity index (χ2n) is 13.0. The highest BCUT2D eigenvalue weighted by Crippen LogP contribution is 2.45. The van der Waals surface area contributed by atoms with Crippen molar-refractivity contribution in [3.63, 3.8) is 0 Å². The molecule has 1 N–H and O–H groups in total. The lowest BCUT2D eigenvalue weighted by molar-refractivity contribution is -0.186. The third kappa shape index (κ3) is 7.58. The van der Waals surface area contributed by atoms with E-state index in [0.717, 1.165) is 16.9 Å². The van der Waals surface area contributed by atoms with Gasteiger partial charge in [-0.25, -0.2) is 0 Å². The summed E-state index contributed by atoms with van der Waals surface area (Å²) in [5.41, 5.74) is 1.30. The van der Waals surface area contributed by atoms with Crippen LogP contribution in [0.3, 0.4) is 0 Å². The number of hydrogen-bond acceptors (Lipinski definition) is 6. The molecule has 1 saturated carbocycles. The van der Waals surface area contributed by atoms with E-state index in [1.165, 1.54) is 0 Å². The van der Waals surface area contributed by atoms with E-state index in [0.29, 0.717) is 13.0 Å². The van der Waals surface area contributed by atoms with Crippen molar-refractivity contribution >= 4 is 14.1 Å². The fourth-order valence-electron chi connectivity index (χ4n) is 4.77. The van der Waals surface area contributed by atoms with E-state index in [2.05, 4.69) is 47.7 Å². The number of benzene rings is 2. The molecule has 2 unspecified atom stereocenters. The van der Waals surface area contributed by atoms with Crippen LogP contribution in [-0.2, 0) is 31.9 Å². The smallest absolute Gasteiger partial charge is 0.192 e. The number of ketones is 1. The molecule has 0 aromatic heterocycles. The summed E-state index contributed by atoms with van der Waals surface area (Å²) in [6.45, 7) is 17.6. The van der Waals surface area contributed by atoms with Crippen molar-refractivity contribution < 1.29 is 28.5 Å². The van der Waals surface area contributed by atoms with Gasteiger partial charge in [0.05, 0.1) is 38.6 Å². The molecule has 3 rings (SSSR count). The monoisotopic (exact) mass is 556 g/mol. The second-order valence-corrected chi connectivity index (χ2v) is 17.7. The summed E-state index contributed by atoms with van der Waals surface area (Å²) in [6.07, 6.45) is -2.26.